The van der Waals surface area contributed by atoms with Crippen LogP contribution in [-0.4, -0.2) is 14.8 Å². The smallest absolute Gasteiger partial charge is 0.191 e. The second kappa shape index (κ2) is 7.26. The average Bonchev–Trinajstić information content (AvgIpc) is 3.14. The van der Waals surface area contributed by atoms with Crippen molar-refractivity contribution in [1.82, 2.24) is 14.8 Å². The lowest BCUT2D eigenvalue weighted by Gasteiger charge is -2.07. The van der Waals surface area contributed by atoms with Crippen LogP contribution in [0.5, 0.6) is 0 Å². The Bertz CT molecular complexity index is 827. The number of aryl methyl sites for hydroxylation is 1. The third kappa shape index (κ3) is 3.74. The lowest BCUT2D eigenvalue weighted by atomic mass is 10.2. The number of hydrogen-bond donors (Lipinski definition) is 0. The van der Waals surface area contributed by atoms with Gasteiger partial charge in [-0.15, -0.1) is 21.5 Å². The molecule has 0 aliphatic rings. The monoisotopic (exact) mass is 383 g/mol. The third-order valence-corrected chi connectivity index (χ3v) is 6.01. The number of aromatic nitrogens is 3. The first kappa shape index (κ1) is 16.8. The first-order valence-electron chi connectivity index (χ1n) is 7.14. The van der Waals surface area contributed by atoms with Crippen LogP contribution in [0.15, 0.2) is 34.8 Å². The predicted octanol–water partition coefficient (Wildman–Crippen LogP) is 5.93. The summed E-state index contributed by atoms with van der Waals surface area (Å²) in [4.78, 5) is 1.27. The molecular formula is C16H15Cl2N3S2. The van der Waals surface area contributed by atoms with Gasteiger partial charge in [-0.2, -0.15) is 0 Å². The van der Waals surface area contributed by atoms with Crippen LogP contribution in [0.25, 0.3) is 11.4 Å². The first-order chi connectivity index (χ1) is 11.1. The van der Waals surface area contributed by atoms with E-state index < -0.39 is 0 Å². The van der Waals surface area contributed by atoms with Crippen molar-refractivity contribution in [3.8, 4) is 11.4 Å². The number of thiophene rings is 1. The Balaban J connectivity index is 1.80. The van der Waals surface area contributed by atoms with Gasteiger partial charge in [-0.3, -0.25) is 0 Å². The Morgan fingerprint density at radius 1 is 1.17 bits per heavy atom. The molecule has 0 unspecified atom stereocenters. The molecule has 7 heteroatoms. The van der Waals surface area contributed by atoms with E-state index in [4.69, 9.17) is 23.2 Å². The Kier molecular flexibility index (Phi) is 5.31. The summed E-state index contributed by atoms with van der Waals surface area (Å²) in [6.07, 6.45) is 0. The topological polar surface area (TPSA) is 30.7 Å². The average molecular weight is 384 g/mol. The van der Waals surface area contributed by atoms with Gasteiger partial charge in [0.2, 0.25) is 0 Å². The minimum Gasteiger partial charge on any atom is -0.302 e. The van der Waals surface area contributed by atoms with E-state index >= 15 is 0 Å². The zero-order valence-corrected chi connectivity index (χ0v) is 15.9. The van der Waals surface area contributed by atoms with Gasteiger partial charge in [0.25, 0.3) is 0 Å². The number of hydrogen-bond acceptors (Lipinski definition) is 4. The van der Waals surface area contributed by atoms with Crippen molar-refractivity contribution >= 4 is 46.3 Å². The Morgan fingerprint density at radius 3 is 2.65 bits per heavy atom. The Labute approximate surface area is 153 Å². The van der Waals surface area contributed by atoms with Gasteiger partial charge < -0.3 is 4.57 Å². The molecule has 0 atom stereocenters. The third-order valence-electron chi connectivity index (χ3n) is 3.37. The van der Waals surface area contributed by atoms with Gasteiger partial charge in [-0.1, -0.05) is 41.0 Å². The highest BCUT2D eigenvalue weighted by Crippen LogP contribution is 2.30. The fourth-order valence-electron chi connectivity index (χ4n) is 2.23. The van der Waals surface area contributed by atoms with Crippen molar-refractivity contribution in [3.05, 3.63) is 50.1 Å². The van der Waals surface area contributed by atoms with Gasteiger partial charge >= 0.3 is 0 Å². The molecule has 2 heterocycles. The van der Waals surface area contributed by atoms with E-state index in [1.54, 1.807) is 23.1 Å². The normalized spacial score (nSPS) is 11.1. The second-order valence-corrected chi connectivity index (χ2v) is 7.91. The summed E-state index contributed by atoms with van der Waals surface area (Å²) in [5, 5.41) is 12.9. The van der Waals surface area contributed by atoms with Crippen LogP contribution in [-0.2, 0) is 12.3 Å². The summed E-state index contributed by atoms with van der Waals surface area (Å²) < 4.78 is 2.14. The quantitative estimate of drug-likeness (QED) is 0.511. The van der Waals surface area contributed by atoms with Gasteiger partial charge in [0.15, 0.2) is 11.0 Å². The van der Waals surface area contributed by atoms with E-state index in [0.29, 0.717) is 10.0 Å². The zero-order valence-electron chi connectivity index (χ0n) is 12.7. The van der Waals surface area contributed by atoms with E-state index in [0.717, 1.165) is 34.4 Å². The minimum atomic E-state index is 0.576. The SMILES string of the molecule is CCn1c(SCc2ccc(Cl)c(Cl)c2)nnc1-c1csc(C)c1. The van der Waals surface area contributed by atoms with E-state index in [2.05, 4.69) is 40.1 Å². The first-order valence-corrected chi connectivity index (χ1v) is 9.76. The fourth-order valence-corrected chi connectivity index (χ4v) is 4.18. The van der Waals surface area contributed by atoms with E-state index in [1.165, 1.54) is 4.88 Å². The predicted molar refractivity (Wildman–Crippen MR) is 99.8 cm³/mol. The van der Waals surface area contributed by atoms with Crippen molar-refractivity contribution in [2.45, 2.75) is 31.3 Å². The molecule has 3 aromatic rings. The second-order valence-electron chi connectivity index (χ2n) is 5.03. The zero-order chi connectivity index (χ0) is 16.4. The molecule has 0 fully saturated rings. The molecule has 3 rings (SSSR count). The molecule has 0 aliphatic carbocycles. The molecule has 0 saturated heterocycles. The van der Waals surface area contributed by atoms with Crippen LogP contribution in [0.3, 0.4) is 0 Å². The lowest BCUT2D eigenvalue weighted by molar-refractivity contribution is 0.687. The van der Waals surface area contributed by atoms with Gasteiger partial charge in [0.1, 0.15) is 0 Å². The molecule has 0 N–H and O–H groups in total. The highest BCUT2D eigenvalue weighted by atomic mass is 35.5. The van der Waals surface area contributed by atoms with Crippen molar-refractivity contribution in [1.29, 1.82) is 0 Å². The van der Waals surface area contributed by atoms with Crippen molar-refractivity contribution in [2.75, 3.05) is 0 Å². The van der Waals surface area contributed by atoms with Gasteiger partial charge in [0.05, 0.1) is 10.0 Å². The summed E-state index contributed by atoms with van der Waals surface area (Å²) in [6.45, 7) is 5.04. The molecule has 2 aromatic heterocycles. The largest absolute Gasteiger partial charge is 0.302 e. The molecule has 3 nitrogen and oxygen atoms in total. The molecule has 0 amide bonds. The summed E-state index contributed by atoms with van der Waals surface area (Å²) in [7, 11) is 0. The Morgan fingerprint density at radius 2 is 2.00 bits per heavy atom. The van der Waals surface area contributed by atoms with E-state index in [1.807, 2.05) is 18.2 Å². The minimum absolute atomic E-state index is 0.576. The van der Waals surface area contributed by atoms with Crippen LogP contribution >= 0.6 is 46.3 Å². The standard InChI is InChI=1S/C16H15Cl2N3S2/c1-3-21-15(12-6-10(2)22-9-12)19-20-16(21)23-8-11-4-5-13(17)14(18)7-11/h4-7,9H,3,8H2,1-2H3. The number of halogens is 2. The number of rotatable bonds is 5. The lowest BCUT2D eigenvalue weighted by Crippen LogP contribution is -1.99. The van der Waals surface area contributed by atoms with E-state index in [-0.39, 0.29) is 0 Å². The summed E-state index contributed by atoms with van der Waals surface area (Å²) in [6, 6.07) is 7.85. The highest BCUT2D eigenvalue weighted by Gasteiger charge is 2.14. The number of thioether (sulfide) groups is 1. The van der Waals surface area contributed by atoms with Crippen molar-refractivity contribution in [3.63, 3.8) is 0 Å². The van der Waals surface area contributed by atoms with Crippen LogP contribution < -0.4 is 0 Å². The fraction of sp³-hybridized carbons (Fsp3) is 0.250. The molecule has 0 spiro atoms. The summed E-state index contributed by atoms with van der Waals surface area (Å²) >= 11 is 15.4. The maximum absolute atomic E-state index is 6.07. The van der Waals surface area contributed by atoms with Crippen LogP contribution in [0, 0.1) is 6.92 Å². The van der Waals surface area contributed by atoms with Crippen LogP contribution in [0.2, 0.25) is 10.0 Å². The molecule has 0 aliphatic heterocycles. The number of benzene rings is 1. The van der Waals surface area contributed by atoms with Crippen molar-refractivity contribution < 1.29 is 0 Å². The van der Waals surface area contributed by atoms with Crippen molar-refractivity contribution in [2.24, 2.45) is 0 Å². The molecule has 23 heavy (non-hydrogen) atoms. The van der Waals surface area contributed by atoms with Crippen LogP contribution in [0.1, 0.15) is 17.4 Å². The maximum Gasteiger partial charge on any atom is 0.191 e. The van der Waals surface area contributed by atoms with Gasteiger partial charge in [0, 0.05) is 28.1 Å². The van der Waals surface area contributed by atoms with Crippen LogP contribution in [0.4, 0.5) is 0 Å². The molecular weight excluding hydrogens is 369 g/mol. The highest BCUT2D eigenvalue weighted by molar-refractivity contribution is 7.98. The molecule has 1 aromatic carbocycles. The molecule has 0 radical (unpaired) electrons. The maximum atomic E-state index is 6.07. The molecule has 0 saturated carbocycles. The summed E-state index contributed by atoms with van der Waals surface area (Å²) in [5.74, 6) is 1.70. The summed E-state index contributed by atoms with van der Waals surface area (Å²) in [5.41, 5.74) is 2.24. The Hall–Kier alpha value is -1.01. The van der Waals surface area contributed by atoms with Gasteiger partial charge in [-0.05, 0) is 37.6 Å². The molecule has 120 valence electrons. The van der Waals surface area contributed by atoms with Gasteiger partial charge in [-0.25, -0.2) is 0 Å². The molecule has 0 bridgehead atoms. The van der Waals surface area contributed by atoms with E-state index in [9.17, 15) is 0 Å². The number of nitrogens with zero attached hydrogens (tertiary/aromatic N) is 3.